The Hall–Kier alpha value is -5.91. The number of halogens is 1. The number of unbranched alkanes of at least 4 members (excludes halogenated alkanes) is 2. The zero-order chi connectivity index (χ0) is 60.4. The van der Waals surface area contributed by atoms with Crippen molar-refractivity contribution in [3.05, 3.63) is 40.7 Å². The van der Waals surface area contributed by atoms with Crippen LogP contribution in [0, 0.1) is 5.41 Å². The van der Waals surface area contributed by atoms with Crippen molar-refractivity contribution in [2.24, 2.45) is 32.9 Å². The van der Waals surface area contributed by atoms with Gasteiger partial charge in [-0.15, -0.1) is 0 Å². The van der Waals surface area contributed by atoms with Crippen molar-refractivity contribution >= 4 is 58.7 Å². The average Bonchev–Trinajstić information content (AvgIpc) is 3.45. The molecule has 0 aliphatic carbocycles. The Labute approximate surface area is 475 Å². The van der Waals surface area contributed by atoms with Crippen LogP contribution in [-0.2, 0) is 16.0 Å². The first-order valence-electron chi connectivity index (χ1n) is 26.7. The number of nitrogens with zero attached hydrogens (tertiary/aromatic N) is 5. The number of amidine groups is 1. The van der Waals surface area contributed by atoms with E-state index < -0.39 is 91.9 Å². The quantitative estimate of drug-likeness (QED) is 0.0167. The van der Waals surface area contributed by atoms with Crippen LogP contribution in [0.5, 0.6) is 5.75 Å². The third-order valence-electron chi connectivity index (χ3n) is 12.6. The van der Waals surface area contributed by atoms with E-state index in [0.717, 1.165) is 18.4 Å². The summed E-state index contributed by atoms with van der Waals surface area (Å²) in [6.07, 6.45) is -8.92. The normalized spacial score (nSPS) is 15.5. The van der Waals surface area contributed by atoms with E-state index in [1.807, 2.05) is 24.3 Å². The van der Waals surface area contributed by atoms with Crippen LogP contribution in [0.4, 0.5) is 11.6 Å². The molecule has 0 saturated heterocycles. The predicted octanol–water partition coefficient (Wildman–Crippen LogP) is -6.61. The van der Waals surface area contributed by atoms with Gasteiger partial charge in [-0.05, 0) is 95.0 Å². The smallest absolute Gasteiger partial charge is 0.280 e. The van der Waals surface area contributed by atoms with E-state index in [1.165, 1.54) is 0 Å². The van der Waals surface area contributed by atoms with Gasteiger partial charge in [0.15, 0.2) is 34.4 Å². The maximum atomic E-state index is 13.5. The number of ether oxygens (including phenoxy) is 1. The lowest BCUT2D eigenvalue weighted by molar-refractivity contribution is -0.125. The molecule has 32 heteroatoms. The average molecular weight is 1170 g/mol. The minimum Gasteiger partial charge on any atom is -0.492 e. The molecule has 2 rings (SSSR count). The van der Waals surface area contributed by atoms with Gasteiger partial charge in [-0.2, -0.15) is 0 Å². The molecule has 1 aromatic heterocycles. The van der Waals surface area contributed by atoms with E-state index in [2.05, 4.69) is 51.4 Å². The highest BCUT2D eigenvalue weighted by Crippen LogP contribution is 2.18. The molecule has 0 aliphatic rings. The van der Waals surface area contributed by atoms with Crippen molar-refractivity contribution in [3.8, 4) is 5.75 Å². The lowest BCUT2D eigenvalue weighted by Crippen LogP contribution is -2.52. The lowest BCUT2D eigenvalue weighted by atomic mass is 10.0. The Morgan fingerprint density at radius 2 is 1.16 bits per heavy atom. The Bertz CT molecular complexity index is 2230. The highest BCUT2D eigenvalue weighted by atomic mass is 35.5. The number of guanidine groups is 2. The van der Waals surface area contributed by atoms with Gasteiger partial charge in [-0.25, -0.2) is 9.97 Å². The van der Waals surface area contributed by atoms with Gasteiger partial charge in [-0.1, -0.05) is 23.7 Å². The number of carbonyl (C=O) groups is 3. The molecule has 0 aliphatic heterocycles. The number of nitrogen functional groups attached to an aromatic ring is 2. The fourth-order valence-electron chi connectivity index (χ4n) is 7.83. The van der Waals surface area contributed by atoms with Gasteiger partial charge in [-0.3, -0.25) is 40.0 Å². The number of aliphatic hydroxyl groups excluding tert-OH is 10. The number of rotatable bonds is 43. The van der Waals surface area contributed by atoms with Gasteiger partial charge < -0.3 is 111 Å². The van der Waals surface area contributed by atoms with Gasteiger partial charge in [0.05, 0.1) is 43.3 Å². The lowest BCUT2D eigenvalue weighted by Gasteiger charge is -2.27. The number of nitrogens with two attached hydrogens (primary N) is 6. The van der Waals surface area contributed by atoms with E-state index >= 15 is 0 Å². The molecular weight excluding hydrogens is 1090 g/mol. The third-order valence-corrected chi connectivity index (χ3v) is 12.9. The molecule has 2 aromatic rings. The number of aromatic nitrogens is 2. The Kier molecular flexibility index (Phi) is 34.7. The Morgan fingerprint density at radius 1 is 0.654 bits per heavy atom. The summed E-state index contributed by atoms with van der Waals surface area (Å²) in [6, 6.07) is 5.82. The highest BCUT2D eigenvalue weighted by molar-refractivity contribution is 6.31. The monoisotopic (exact) mass is 1170 g/mol. The van der Waals surface area contributed by atoms with Gasteiger partial charge in [0.25, 0.3) is 5.91 Å². The molecule has 0 saturated carbocycles. The Balaban J connectivity index is 2.08. The number of amides is 3. The van der Waals surface area contributed by atoms with E-state index in [-0.39, 0.29) is 92.3 Å². The molecule has 31 nitrogen and oxygen atoms in total. The second kappa shape index (κ2) is 39.5. The molecular formula is C49H88ClN17O14. The molecule has 460 valence electrons. The van der Waals surface area contributed by atoms with E-state index in [1.54, 1.807) is 0 Å². The minimum absolute atomic E-state index is 0.0809. The maximum Gasteiger partial charge on any atom is 0.280 e. The van der Waals surface area contributed by atoms with E-state index in [9.17, 15) is 55.2 Å². The van der Waals surface area contributed by atoms with Crippen molar-refractivity contribution in [2.75, 3.05) is 90.2 Å². The first-order valence-corrected chi connectivity index (χ1v) is 27.1. The van der Waals surface area contributed by atoms with Gasteiger partial charge in [0.1, 0.15) is 49.0 Å². The maximum absolute atomic E-state index is 13.5. The SMILES string of the molecule is N=C(N)CCC[C@H](NC[C@H](O)[C@@H](O)[C@H](O)[C@H](O)CO)C(=O)NCCCN(CCCNC(=O)[C@H](CCCCN=C(N)N)NC[C@H](O)[C@@H](O)[C@H](O)[C@H](O)CO)CCOc1ccc(CCCCN=C(N)NC(=O)c2nc(Cl)c(N)nc2N)cc1. The zero-order valence-corrected chi connectivity index (χ0v) is 46.3. The van der Waals surface area contributed by atoms with Crippen molar-refractivity contribution in [3.63, 3.8) is 0 Å². The summed E-state index contributed by atoms with van der Waals surface area (Å²) in [6.45, 7) is 0.302. The van der Waals surface area contributed by atoms with Gasteiger partial charge in [0.2, 0.25) is 11.8 Å². The molecule has 1 heterocycles. The molecule has 0 bridgehead atoms. The van der Waals surface area contributed by atoms with Crippen molar-refractivity contribution in [1.29, 1.82) is 5.41 Å². The molecule has 0 radical (unpaired) electrons. The van der Waals surface area contributed by atoms with Crippen LogP contribution in [0.25, 0.3) is 0 Å². The van der Waals surface area contributed by atoms with Crippen LogP contribution in [0.15, 0.2) is 34.3 Å². The second-order valence-corrected chi connectivity index (χ2v) is 19.5. The molecule has 3 amide bonds. The first kappa shape index (κ1) is 71.2. The summed E-state index contributed by atoms with van der Waals surface area (Å²) >= 11 is 5.86. The highest BCUT2D eigenvalue weighted by Gasteiger charge is 2.32. The van der Waals surface area contributed by atoms with Gasteiger partial charge >= 0.3 is 0 Å². The topological polar surface area (TPSA) is 557 Å². The Morgan fingerprint density at radius 3 is 1.68 bits per heavy atom. The van der Waals surface area contributed by atoms with Crippen LogP contribution in [0.2, 0.25) is 5.15 Å². The zero-order valence-electron chi connectivity index (χ0n) is 45.5. The number of aryl methyl sites for hydroxylation is 1. The van der Waals surface area contributed by atoms with Crippen LogP contribution >= 0.6 is 11.6 Å². The summed E-state index contributed by atoms with van der Waals surface area (Å²) in [4.78, 5) is 57.3. The third kappa shape index (κ3) is 28.6. The summed E-state index contributed by atoms with van der Waals surface area (Å²) in [5.41, 5.74) is 34.3. The fraction of sp³-hybridized carbons (Fsp3) is 0.673. The summed E-state index contributed by atoms with van der Waals surface area (Å²) in [5, 5.41) is 121. The van der Waals surface area contributed by atoms with Crippen LogP contribution in [-0.4, -0.2) is 241 Å². The molecule has 81 heavy (non-hydrogen) atoms. The molecule has 0 unspecified atom stereocenters. The van der Waals surface area contributed by atoms with E-state index in [4.69, 9.17) is 66.4 Å². The number of hydrogen-bond donors (Lipinski definition) is 22. The second-order valence-electron chi connectivity index (χ2n) is 19.2. The number of nitrogens with one attached hydrogen (secondary N) is 6. The van der Waals surface area contributed by atoms with Crippen molar-refractivity contribution < 1.29 is 70.2 Å². The number of anilines is 2. The van der Waals surface area contributed by atoms with Crippen LogP contribution in [0.1, 0.15) is 80.3 Å². The standard InChI is InChI=1S/C49H88ClN17O14/c50-42-44(54)65-43(53)37(64-42)47(80)66-49(57)61-17-3-1-8-28-12-14-29(15-13-28)81-23-22-67(21-7-19-59-46(79)31(10-5-11-36(51)52)63-25-33(71)39(75)41(77)35(73)27-69)20-6-18-58-45(78)30(9-2-4-16-60-48(55)56)62-24-32(70)38(74)40(76)34(72)26-68/h12-15,30-35,38-41,62-63,68-77H,1-11,16-27H2,(H3,51,52)(H,58,78)(H,59,79)(H4,53,54,65)(H4,55,56,60)(H3,57,61,66,80)/t30-,31-,32-,33-,34+,35+,38+,39+,40+,41+/m0/s1. The summed E-state index contributed by atoms with van der Waals surface area (Å²) in [5.74, 6) is -1.60. The largest absolute Gasteiger partial charge is 0.492 e. The number of benzene rings is 1. The molecule has 10 atom stereocenters. The first-order chi connectivity index (χ1) is 38.5. The molecule has 1 aromatic carbocycles. The molecule has 0 fully saturated rings. The molecule has 0 spiro atoms. The predicted molar refractivity (Wildman–Crippen MR) is 302 cm³/mol. The minimum atomic E-state index is -1.86. The summed E-state index contributed by atoms with van der Waals surface area (Å²) in [7, 11) is 0. The van der Waals surface area contributed by atoms with Crippen molar-refractivity contribution in [2.45, 2.75) is 132 Å². The van der Waals surface area contributed by atoms with Crippen LogP contribution < -0.4 is 65.7 Å². The van der Waals surface area contributed by atoms with Crippen LogP contribution in [0.3, 0.4) is 0 Å². The number of aliphatic imine (C=N–C) groups is 2. The number of hydrogen-bond acceptors (Lipinski definition) is 24. The van der Waals surface area contributed by atoms with Crippen molar-refractivity contribution in [1.82, 2.24) is 41.5 Å². The van der Waals surface area contributed by atoms with Gasteiger partial charge in [0, 0.05) is 52.2 Å². The molecule has 28 N–H and O–H groups in total. The number of aliphatic hydroxyl groups is 10. The van der Waals surface area contributed by atoms with E-state index in [0.29, 0.717) is 77.0 Å². The fourth-order valence-corrected chi connectivity index (χ4v) is 7.96. The summed E-state index contributed by atoms with van der Waals surface area (Å²) < 4.78 is 6.11. The number of carbonyl (C=O) groups excluding carboxylic acids is 3.